The molecule has 2 aromatic carbocycles. The summed E-state index contributed by atoms with van der Waals surface area (Å²) in [5.41, 5.74) is 7.07. The van der Waals surface area contributed by atoms with Gasteiger partial charge in [-0.1, -0.05) is 24.3 Å². The molecule has 0 aromatic heterocycles. The van der Waals surface area contributed by atoms with Gasteiger partial charge in [0.15, 0.2) is 0 Å². The largest absolute Gasteiger partial charge is 0.385 e. The molecule has 0 fully saturated rings. The van der Waals surface area contributed by atoms with Crippen LogP contribution in [0.3, 0.4) is 0 Å². The van der Waals surface area contributed by atoms with Gasteiger partial charge in [0, 0.05) is 29.6 Å². The van der Waals surface area contributed by atoms with Gasteiger partial charge in [-0.15, -0.1) is 0 Å². The fourth-order valence-electron chi connectivity index (χ4n) is 3.65. The van der Waals surface area contributed by atoms with Gasteiger partial charge in [0.05, 0.1) is 0 Å². The van der Waals surface area contributed by atoms with Gasteiger partial charge >= 0.3 is 0 Å². The van der Waals surface area contributed by atoms with Gasteiger partial charge in [-0.2, -0.15) is 0 Å². The highest BCUT2D eigenvalue weighted by atomic mass is 15.2. The second-order valence-electron chi connectivity index (χ2n) is 5.89. The molecule has 2 aromatic rings. The summed E-state index contributed by atoms with van der Waals surface area (Å²) in [5.74, 6) is 0. The maximum atomic E-state index is 3.54. The Morgan fingerprint density at radius 1 is 1.05 bits per heavy atom. The SMILES string of the molecule is CC1Cc2ccccc2N1c1cccc2c1CCCN2. The number of benzene rings is 2. The quantitative estimate of drug-likeness (QED) is 0.833. The molecule has 102 valence electrons. The molecule has 1 atom stereocenters. The highest BCUT2D eigenvalue weighted by molar-refractivity contribution is 5.77. The molecule has 4 rings (SSSR count). The minimum absolute atomic E-state index is 0.542. The Bertz CT molecular complexity index is 648. The first kappa shape index (κ1) is 11.8. The third-order valence-corrected chi connectivity index (χ3v) is 4.54. The summed E-state index contributed by atoms with van der Waals surface area (Å²) in [5, 5.41) is 3.54. The normalized spacial score (nSPS) is 20.2. The Balaban J connectivity index is 1.86. The van der Waals surface area contributed by atoms with Gasteiger partial charge in [-0.25, -0.2) is 0 Å². The van der Waals surface area contributed by atoms with Gasteiger partial charge in [-0.3, -0.25) is 0 Å². The molecule has 2 heteroatoms. The highest BCUT2D eigenvalue weighted by Gasteiger charge is 2.29. The smallest absolute Gasteiger partial charge is 0.0466 e. The summed E-state index contributed by atoms with van der Waals surface area (Å²) in [4.78, 5) is 2.53. The lowest BCUT2D eigenvalue weighted by atomic mass is 10.00. The van der Waals surface area contributed by atoms with Gasteiger partial charge in [0.1, 0.15) is 0 Å². The number of nitrogens with zero attached hydrogens (tertiary/aromatic N) is 1. The van der Waals surface area contributed by atoms with Crippen LogP contribution in [0, 0.1) is 0 Å². The van der Waals surface area contributed by atoms with Gasteiger partial charge < -0.3 is 10.2 Å². The summed E-state index contributed by atoms with van der Waals surface area (Å²) < 4.78 is 0. The molecule has 0 spiro atoms. The minimum Gasteiger partial charge on any atom is -0.385 e. The van der Waals surface area contributed by atoms with Crippen molar-refractivity contribution in [3.05, 3.63) is 53.6 Å². The molecule has 0 saturated carbocycles. The number of rotatable bonds is 1. The van der Waals surface area contributed by atoms with E-state index in [9.17, 15) is 0 Å². The molecule has 1 N–H and O–H groups in total. The third-order valence-electron chi connectivity index (χ3n) is 4.54. The first-order valence-electron chi connectivity index (χ1n) is 7.57. The lowest BCUT2D eigenvalue weighted by Crippen LogP contribution is -2.26. The van der Waals surface area contributed by atoms with E-state index < -0.39 is 0 Å². The number of hydrogen-bond donors (Lipinski definition) is 1. The predicted octanol–water partition coefficient (Wildman–Crippen LogP) is 4.13. The van der Waals surface area contributed by atoms with Crippen LogP contribution in [0.4, 0.5) is 17.1 Å². The number of nitrogens with one attached hydrogen (secondary N) is 1. The Morgan fingerprint density at radius 2 is 1.90 bits per heavy atom. The molecule has 0 radical (unpaired) electrons. The molecule has 0 amide bonds. The summed E-state index contributed by atoms with van der Waals surface area (Å²) in [6.45, 7) is 3.43. The van der Waals surface area contributed by atoms with E-state index >= 15 is 0 Å². The molecular formula is C18H20N2. The summed E-state index contributed by atoms with van der Waals surface area (Å²) in [6, 6.07) is 16.0. The van der Waals surface area contributed by atoms with Crippen molar-refractivity contribution in [2.75, 3.05) is 16.8 Å². The van der Waals surface area contributed by atoms with Crippen LogP contribution in [0.15, 0.2) is 42.5 Å². The number of para-hydroxylation sites is 1. The maximum Gasteiger partial charge on any atom is 0.0466 e. The molecule has 0 bridgehead atoms. The first-order chi connectivity index (χ1) is 9.84. The van der Waals surface area contributed by atoms with E-state index in [-0.39, 0.29) is 0 Å². The van der Waals surface area contributed by atoms with Crippen LogP contribution in [0.2, 0.25) is 0 Å². The predicted molar refractivity (Wildman–Crippen MR) is 85.0 cm³/mol. The Labute approximate surface area is 120 Å². The molecule has 2 heterocycles. The van der Waals surface area contributed by atoms with Crippen LogP contribution in [0.5, 0.6) is 0 Å². The molecule has 0 saturated heterocycles. The standard InChI is InChI=1S/C18H20N2/c1-13-12-14-6-2-3-9-17(14)20(13)18-10-4-8-16-15(18)7-5-11-19-16/h2-4,6,8-10,13,19H,5,7,11-12H2,1H3. The minimum atomic E-state index is 0.542. The van der Waals surface area contributed by atoms with Crippen LogP contribution in [-0.4, -0.2) is 12.6 Å². The zero-order chi connectivity index (χ0) is 13.5. The van der Waals surface area contributed by atoms with Crippen LogP contribution in [0.25, 0.3) is 0 Å². The van der Waals surface area contributed by atoms with E-state index in [0.717, 1.165) is 13.0 Å². The van der Waals surface area contributed by atoms with Crippen molar-refractivity contribution in [2.24, 2.45) is 0 Å². The second kappa shape index (κ2) is 4.55. The van der Waals surface area contributed by atoms with Crippen LogP contribution >= 0.6 is 0 Å². The van der Waals surface area contributed by atoms with Crippen molar-refractivity contribution >= 4 is 17.1 Å². The van der Waals surface area contributed by atoms with Crippen molar-refractivity contribution < 1.29 is 0 Å². The fourth-order valence-corrected chi connectivity index (χ4v) is 3.65. The molecule has 1 unspecified atom stereocenters. The van der Waals surface area contributed by atoms with E-state index in [4.69, 9.17) is 0 Å². The molecule has 2 aliphatic heterocycles. The van der Waals surface area contributed by atoms with Gasteiger partial charge in [-0.05, 0) is 55.5 Å². The van der Waals surface area contributed by atoms with Gasteiger partial charge in [0.2, 0.25) is 0 Å². The zero-order valence-electron chi connectivity index (χ0n) is 11.9. The van der Waals surface area contributed by atoms with Crippen molar-refractivity contribution in [1.82, 2.24) is 0 Å². The molecule has 2 nitrogen and oxygen atoms in total. The monoisotopic (exact) mass is 264 g/mol. The van der Waals surface area contributed by atoms with E-state index in [0.29, 0.717) is 6.04 Å². The van der Waals surface area contributed by atoms with Crippen LogP contribution in [0.1, 0.15) is 24.5 Å². The molecular weight excluding hydrogens is 244 g/mol. The Hall–Kier alpha value is -1.96. The summed E-state index contributed by atoms with van der Waals surface area (Å²) >= 11 is 0. The van der Waals surface area contributed by atoms with Crippen LogP contribution < -0.4 is 10.2 Å². The summed E-state index contributed by atoms with van der Waals surface area (Å²) in [6.07, 6.45) is 3.56. The van der Waals surface area contributed by atoms with E-state index in [1.807, 2.05) is 0 Å². The third kappa shape index (κ3) is 1.71. The van der Waals surface area contributed by atoms with Crippen molar-refractivity contribution in [3.63, 3.8) is 0 Å². The zero-order valence-corrected chi connectivity index (χ0v) is 11.9. The Morgan fingerprint density at radius 3 is 2.85 bits per heavy atom. The second-order valence-corrected chi connectivity index (χ2v) is 5.89. The van der Waals surface area contributed by atoms with Gasteiger partial charge in [0.25, 0.3) is 0 Å². The van der Waals surface area contributed by atoms with Crippen molar-refractivity contribution in [2.45, 2.75) is 32.2 Å². The topological polar surface area (TPSA) is 15.3 Å². The number of anilines is 3. The number of hydrogen-bond acceptors (Lipinski definition) is 2. The van der Waals surface area contributed by atoms with E-state index in [2.05, 4.69) is 59.6 Å². The number of fused-ring (bicyclic) bond motifs is 2. The van der Waals surface area contributed by atoms with E-state index in [1.165, 1.54) is 41.0 Å². The lowest BCUT2D eigenvalue weighted by molar-refractivity contribution is 0.748. The average molecular weight is 264 g/mol. The average Bonchev–Trinajstić information content (AvgIpc) is 2.82. The molecule has 0 aliphatic carbocycles. The fraction of sp³-hybridized carbons (Fsp3) is 0.333. The molecule has 20 heavy (non-hydrogen) atoms. The highest BCUT2D eigenvalue weighted by Crippen LogP contribution is 2.42. The van der Waals surface area contributed by atoms with Crippen molar-refractivity contribution in [1.29, 1.82) is 0 Å². The first-order valence-corrected chi connectivity index (χ1v) is 7.57. The Kier molecular flexibility index (Phi) is 2.69. The van der Waals surface area contributed by atoms with Crippen LogP contribution in [-0.2, 0) is 12.8 Å². The van der Waals surface area contributed by atoms with Crippen molar-refractivity contribution in [3.8, 4) is 0 Å². The lowest BCUT2D eigenvalue weighted by Gasteiger charge is -2.30. The molecule has 2 aliphatic rings. The summed E-state index contributed by atoms with van der Waals surface area (Å²) in [7, 11) is 0. The maximum absolute atomic E-state index is 3.54. The van der Waals surface area contributed by atoms with E-state index in [1.54, 1.807) is 0 Å².